The van der Waals surface area contributed by atoms with Crippen LogP contribution in [0.15, 0.2) is 24.3 Å². The van der Waals surface area contributed by atoms with Crippen LogP contribution in [0.1, 0.15) is 29.3 Å². The summed E-state index contributed by atoms with van der Waals surface area (Å²) in [7, 11) is 0. The van der Waals surface area contributed by atoms with Crippen molar-refractivity contribution in [1.82, 2.24) is 15.1 Å². The van der Waals surface area contributed by atoms with Gasteiger partial charge in [0.2, 0.25) is 5.91 Å². The largest absolute Gasteiger partial charge is 0.378 e. The van der Waals surface area contributed by atoms with Gasteiger partial charge in [0.1, 0.15) is 0 Å². The Kier molecular flexibility index (Phi) is 7.87. The van der Waals surface area contributed by atoms with Gasteiger partial charge in [-0.1, -0.05) is 19.1 Å². The lowest BCUT2D eigenvalue weighted by Crippen LogP contribution is -2.52. The van der Waals surface area contributed by atoms with Crippen molar-refractivity contribution in [3.63, 3.8) is 0 Å². The molecule has 0 aromatic heterocycles. The molecular weight excluding hydrogens is 354 g/mol. The number of hydrogen-bond acceptors (Lipinski definition) is 4. The lowest BCUT2D eigenvalue weighted by atomic mass is 10.1. The molecule has 2 saturated heterocycles. The summed E-state index contributed by atoms with van der Waals surface area (Å²) in [5.41, 5.74) is 1.95. The number of nitrogens with zero attached hydrogens (tertiary/aromatic N) is 2. The molecule has 1 unspecified atom stereocenters. The zero-order chi connectivity index (χ0) is 17.6. The Morgan fingerprint density at radius 1 is 1.12 bits per heavy atom. The summed E-state index contributed by atoms with van der Waals surface area (Å²) >= 11 is 0. The molecule has 0 spiro atoms. The van der Waals surface area contributed by atoms with Crippen molar-refractivity contribution in [2.24, 2.45) is 0 Å². The van der Waals surface area contributed by atoms with Crippen molar-refractivity contribution < 1.29 is 14.3 Å². The van der Waals surface area contributed by atoms with E-state index in [4.69, 9.17) is 4.74 Å². The van der Waals surface area contributed by atoms with Crippen molar-refractivity contribution in [3.05, 3.63) is 35.4 Å². The fraction of sp³-hybridized carbons (Fsp3) is 0.579. The zero-order valence-corrected chi connectivity index (χ0v) is 16.1. The van der Waals surface area contributed by atoms with Gasteiger partial charge in [-0.05, 0) is 24.1 Å². The number of carbonyl (C=O) groups is 2. The van der Waals surface area contributed by atoms with Crippen LogP contribution in [0.3, 0.4) is 0 Å². The van der Waals surface area contributed by atoms with Gasteiger partial charge in [0.25, 0.3) is 5.91 Å². The molecule has 1 aromatic carbocycles. The van der Waals surface area contributed by atoms with Crippen LogP contribution in [-0.2, 0) is 16.0 Å². The molecule has 2 aliphatic heterocycles. The molecule has 0 radical (unpaired) electrons. The fourth-order valence-corrected chi connectivity index (χ4v) is 3.32. The summed E-state index contributed by atoms with van der Waals surface area (Å²) in [5.74, 6) is 0.194. The lowest BCUT2D eigenvalue weighted by Gasteiger charge is -2.36. The van der Waals surface area contributed by atoms with E-state index in [0.29, 0.717) is 45.8 Å². The van der Waals surface area contributed by atoms with E-state index >= 15 is 0 Å². The molecule has 26 heavy (non-hydrogen) atoms. The van der Waals surface area contributed by atoms with Crippen molar-refractivity contribution >= 4 is 24.2 Å². The van der Waals surface area contributed by atoms with Crippen molar-refractivity contribution in [1.29, 1.82) is 0 Å². The van der Waals surface area contributed by atoms with Gasteiger partial charge in [-0.2, -0.15) is 0 Å². The highest BCUT2D eigenvalue weighted by Gasteiger charge is 2.26. The fourth-order valence-electron chi connectivity index (χ4n) is 3.32. The quantitative estimate of drug-likeness (QED) is 0.854. The maximum absolute atomic E-state index is 12.6. The van der Waals surface area contributed by atoms with Gasteiger partial charge in [-0.15, -0.1) is 12.4 Å². The monoisotopic (exact) mass is 381 g/mol. The predicted octanol–water partition coefficient (Wildman–Crippen LogP) is 1.33. The SMILES string of the molecule is CCc1ccc(C(=O)N2CCN(C(=O)CC3COCCN3)CC2)cc1.Cl. The molecule has 3 rings (SSSR count). The molecule has 6 nitrogen and oxygen atoms in total. The number of halogens is 1. The molecule has 1 atom stereocenters. The van der Waals surface area contributed by atoms with Crippen LogP contribution in [0, 0.1) is 0 Å². The Balaban J connectivity index is 0.00000243. The number of nitrogens with one attached hydrogen (secondary N) is 1. The minimum absolute atomic E-state index is 0. The van der Waals surface area contributed by atoms with E-state index < -0.39 is 0 Å². The Bertz CT molecular complexity index is 595. The molecule has 7 heteroatoms. The first-order valence-corrected chi connectivity index (χ1v) is 9.14. The molecule has 0 saturated carbocycles. The van der Waals surface area contributed by atoms with Crippen molar-refractivity contribution in [2.45, 2.75) is 25.8 Å². The molecule has 2 heterocycles. The van der Waals surface area contributed by atoms with Gasteiger partial charge in [0.15, 0.2) is 0 Å². The van der Waals surface area contributed by atoms with Gasteiger partial charge < -0.3 is 19.9 Å². The van der Waals surface area contributed by atoms with Gasteiger partial charge in [-0.25, -0.2) is 0 Å². The van der Waals surface area contributed by atoms with Crippen LogP contribution >= 0.6 is 12.4 Å². The first-order chi connectivity index (χ1) is 12.2. The standard InChI is InChI=1S/C19H27N3O3.ClH/c1-2-15-3-5-16(6-4-15)19(24)22-10-8-21(9-11-22)18(23)13-17-14-25-12-7-20-17;/h3-6,17,20H,2,7-14H2,1H3;1H. The average molecular weight is 382 g/mol. The summed E-state index contributed by atoms with van der Waals surface area (Å²) in [4.78, 5) is 28.7. The van der Waals surface area contributed by atoms with Crippen molar-refractivity contribution in [3.8, 4) is 0 Å². The molecule has 1 N–H and O–H groups in total. The first-order valence-electron chi connectivity index (χ1n) is 9.14. The number of aryl methyl sites for hydroxylation is 1. The number of ether oxygens (including phenoxy) is 1. The van der Waals surface area contributed by atoms with Crippen LogP contribution in [0.25, 0.3) is 0 Å². The summed E-state index contributed by atoms with van der Waals surface area (Å²) in [6, 6.07) is 7.91. The Hall–Kier alpha value is -1.63. The summed E-state index contributed by atoms with van der Waals surface area (Å²) < 4.78 is 5.40. The number of morpholine rings is 1. The van der Waals surface area contributed by atoms with Crippen LogP contribution in [0.5, 0.6) is 0 Å². The summed E-state index contributed by atoms with van der Waals surface area (Å²) in [5, 5.41) is 3.31. The third kappa shape index (κ3) is 5.19. The smallest absolute Gasteiger partial charge is 0.253 e. The molecule has 0 aliphatic carbocycles. The number of benzene rings is 1. The van der Waals surface area contributed by atoms with Crippen molar-refractivity contribution in [2.75, 3.05) is 45.9 Å². The number of hydrogen-bond donors (Lipinski definition) is 1. The minimum atomic E-state index is 0. The second-order valence-electron chi connectivity index (χ2n) is 6.65. The third-order valence-corrected chi connectivity index (χ3v) is 4.95. The molecule has 2 aliphatic rings. The second-order valence-corrected chi connectivity index (χ2v) is 6.65. The zero-order valence-electron chi connectivity index (χ0n) is 15.3. The number of amides is 2. The van der Waals surface area contributed by atoms with Gasteiger partial charge >= 0.3 is 0 Å². The van der Waals surface area contributed by atoms with Gasteiger partial charge in [0, 0.05) is 50.7 Å². The van der Waals surface area contributed by atoms with Crippen LogP contribution < -0.4 is 5.32 Å². The third-order valence-electron chi connectivity index (χ3n) is 4.95. The maximum Gasteiger partial charge on any atom is 0.253 e. The maximum atomic E-state index is 12.6. The highest BCUT2D eigenvalue weighted by atomic mass is 35.5. The number of carbonyl (C=O) groups excluding carboxylic acids is 2. The van der Waals surface area contributed by atoms with E-state index in [-0.39, 0.29) is 30.3 Å². The van der Waals surface area contributed by atoms with Crippen LogP contribution in [0.4, 0.5) is 0 Å². The number of rotatable bonds is 4. The predicted molar refractivity (Wildman–Crippen MR) is 103 cm³/mol. The molecule has 2 fully saturated rings. The Labute approximate surface area is 161 Å². The minimum Gasteiger partial charge on any atom is -0.378 e. The van der Waals surface area contributed by atoms with E-state index in [1.54, 1.807) is 0 Å². The van der Waals surface area contributed by atoms with E-state index in [9.17, 15) is 9.59 Å². The summed E-state index contributed by atoms with van der Waals surface area (Å²) in [6.45, 7) is 6.60. The molecule has 2 amide bonds. The van der Waals surface area contributed by atoms with Gasteiger partial charge in [-0.3, -0.25) is 9.59 Å². The molecule has 0 bridgehead atoms. The second kappa shape index (κ2) is 9.90. The van der Waals surface area contributed by atoms with E-state index in [1.807, 2.05) is 34.1 Å². The molecule has 144 valence electrons. The lowest BCUT2D eigenvalue weighted by molar-refractivity contribution is -0.133. The van der Waals surface area contributed by atoms with Gasteiger partial charge in [0.05, 0.1) is 13.2 Å². The Morgan fingerprint density at radius 2 is 1.77 bits per heavy atom. The van der Waals surface area contributed by atoms with Crippen LogP contribution in [-0.4, -0.2) is 73.6 Å². The number of piperazine rings is 1. The average Bonchev–Trinajstić information content (AvgIpc) is 2.68. The summed E-state index contributed by atoms with van der Waals surface area (Å²) in [6.07, 6.45) is 1.43. The first kappa shape index (κ1) is 20.7. The highest BCUT2D eigenvalue weighted by Crippen LogP contribution is 2.12. The highest BCUT2D eigenvalue weighted by molar-refractivity contribution is 5.94. The van der Waals surface area contributed by atoms with E-state index in [2.05, 4.69) is 12.2 Å². The molecule has 1 aromatic rings. The normalized spacial score (nSPS) is 20.4. The molecular formula is C19H28ClN3O3. The van der Waals surface area contributed by atoms with E-state index in [1.165, 1.54) is 5.56 Å². The Morgan fingerprint density at radius 3 is 2.35 bits per heavy atom. The van der Waals surface area contributed by atoms with E-state index in [0.717, 1.165) is 18.5 Å². The topological polar surface area (TPSA) is 61.9 Å². The van der Waals surface area contributed by atoms with Crippen LogP contribution in [0.2, 0.25) is 0 Å².